The lowest BCUT2D eigenvalue weighted by Gasteiger charge is -2.40. The first-order valence-electron chi connectivity index (χ1n) is 7.86. The van der Waals surface area contributed by atoms with Crippen LogP contribution in [0.2, 0.25) is 0 Å². The zero-order chi connectivity index (χ0) is 15.3. The van der Waals surface area contributed by atoms with E-state index in [1.807, 2.05) is 0 Å². The Morgan fingerprint density at radius 1 is 1.38 bits per heavy atom. The molecule has 5 heteroatoms. The van der Waals surface area contributed by atoms with E-state index in [1.165, 1.54) is 0 Å². The number of hydrogen-bond acceptors (Lipinski definition) is 3. The molecule has 0 aromatic carbocycles. The van der Waals surface area contributed by atoms with Crippen LogP contribution in [-0.4, -0.2) is 31.2 Å². The minimum absolute atomic E-state index is 0. The van der Waals surface area contributed by atoms with Crippen LogP contribution >= 0.6 is 12.4 Å². The van der Waals surface area contributed by atoms with Gasteiger partial charge in [-0.3, -0.25) is 4.79 Å². The van der Waals surface area contributed by atoms with Gasteiger partial charge in [0.25, 0.3) is 0 Å². The first kappa shape index (κ1) is 20.7. The molecular weight excluding hydrogens is 288 g/mol. The van der Waals surface area contributed by atoms with Crippen molar-refractivity contribution < 1.29 is 9.53 Å². The summed E-state index contributed by atoms with van der Waals surface area (Å²) in [5.41, 5.74) is 6.02. The fourth-order valence-corrected chi connectivity index (χ4v) is 2.99. The number of nitrogens with one attached hydrogen (secondary N) is 1. The van der Waals surface area contributed by atoms with Crippen molar-refractivity contribution in [3.63, 3.8) is 0 Å². The van der Waals surface area contributed by atoms with Crippen LogP contribution in [0.15, 0.2) is 0 Å². The van der Waals surface area contributed by atoms with Gasteiger partial charge in [-0.1, -0.05) is 34.6 Å². The zero-order valence-corrected chi connectivity index (χ0v) is 15.0. The Hall–Kier alpha value is -0.320. The molecule has 0 aromatic heterocycles. The van der Waals surface area contributed by atoms with Crippen molar-refractivity contribution >= 4 is 18.3 Å². The summed E-state index contributed by atoms with van der Waals surface area (Å²) < 4.78 is 5.93. The van der Waals surface area contributed by atoms with Gasteiger partial charge in [-0.2, -0.15) is 0 Å². The number of carbonyl (C=O) groups is 1. The maximum atomic E-state index is 12.0. The van der Waals surface area contributed by atoms with Crippen LogP contribution in [-0.2, 0) is 9.53 Å². The Morgan fingerprint density at radius 2 is 2.00 bits per heavy atom. The second kappa shape index (κ2) is 8.96. The summed E-state index contributed by atoms with van der Waals surface area (Å²) in [5.74, 6) is 0.798. The van der Waals surface area contributed by atoms with Gasteiger partial charge in [-0.15, -0.1) is 12.4 Å². The van der Waals surface area contributed by atoms with Crippen LogP contribution < -0.4 is 11.1 Å². The number of hydrogen-bond donors (Lipinski definition) is 2. The van der Waals surface area contributed by atoms with Crippen molar-refractivity contribution in [3.8, 4) is 0 Å². The Labute approximate surface area is 136 Å². The van der Waals surface area contributed by atoms with Crippen LogP contribution in [0.1, 0.15) is 53.9 Å². The molecular formula is C16H33ClN2O2. The molecule has 0 aromatic rings. The molecule has 1 amide bonds. The van der Waals surface area contributed by atoms with Crippen LogP contribution in [0.25, 0.3) is 0 Å². The second-order valence-electron chi connectivity index (χ2n) is 7.54. The SMILES string of the molecule is CC(C)C[C@H](N)C(=O)NCC1CCCOC1C(C)(C)C.Cl. The van der Waals surface area contributed by atoms with E-state index < -0.39 is 6.04 Å². The van der Waals surface area contributed by atoms with Crippen molar-refractivity contribution in [2.45, 2.75) is 66.0 Å². The molecule has 2 unspecified atom stereocenters. The van der Waals surface area contributed by atoms with Gasteiger partial charge in [-0.05, 0) is 30.6 Å². The summed E-state index contributed by atoms with van der Waals surface area (Å²) in [6, 6.07) is -0.396. The highest BCUT2D eigenvalue weighted by Gasteiger charge is 2.35. The number of amides is 1. The summed E-state index contributed by atoms with van der Waals surface area (Å²) >= 11 is 0. The van der Waals surface area contributed by atoms with Crippen LogP contribution in [0, 0.1) is 17.3 Å². The molecule has 1 fully saturated rings. The maximum absolute atomic E-state index is 12.0. The van der Waals surface area contributed by atoms with E-state index in [2.05, 4.69) is 39.9 Å². The van der Waals surface area contributed by atoms with Crippen molar-refractivity contribution in [1.82, 2.24) is 5.32 Å². The Kier molecular flexibility index (Phi) is 8.83. The maximum Gasteiger partial charge on any atom is 0.236 e. The lowest BCUT2D eigenvalue weighted by atomic mass is 9.78. The number of nitrogens with two attached hydrogens (primary N) is 1. The fraction of sp³-hybridized carbons (Fsp3) is 0.938. The molecule has 3 atom stereocenters. The molecule has 3 N–H and O–H groups in total. The third-order valence-electron chi connectivity index (χ3n) is 3.90. The predicted molar refractivity (Wildman–Crippen MR) is 89.6 cm³/mol. The number of ether oxygens (including phenoxy) is 1. The van der Waals surface area contributed by atoms with Crippen LogP contribution in [0.3, 0.4) is 0 Å². The summed E-state index contributed by atoms with van der Waals surface area (Å²) in [4.78, 5) is 12.0. The lowest BCUT2D eigenvalue weighted by Crippen LogP contribution is -2.48. The van der Waals surface area contributed by atoms with Gasteiger partial charge in [0.2, 0.25) is 5.91 Å². The Morgan fingerprint density at radius 3 is 2.52 bits per heavy atom. The fourth-order valence-electron chi connectivity index (χ4n) is 2.99. The molecule has 4 nitrogen and oxygen atoms in total. The van der Waals surface area contributed by atoms with Crippen LogP contribution in [0.4, 0.5) is 0 Å². The van der Waals surface area contributed by atoms with Crippen molar-refractivity contribution in [1.29, 1.82) is 0 Å². The van der Waals surface area contributed by atoms with Crippen molar-refractivity contribution in [3.05, 3.63) is 0 Å². The third kappa shape index (κ3) is 6.98. The van der Waals surface area contributed by atoms with Gasteiger partial charge in [-0.25, -0.2) is 0 Å². The van der Waals surface area contributed by atoms with E-state index in [9.17, 15) is 4.79 Å². The summed E-state index contributed by atoms with van der Waals surface area (Å²) in [6.45, 7) is 12.3. The third-order valence-corrected chi connectivity index (χ3v) is 3.90. The lowest BCUT2D eigenvalue weighted by molar-refractivity contribution is -0.124. The highest BCUT2D eigenvalue weighted by atomic mass is 35.5. The molecule has 0 saturated carbocycles. The van der Waals surface area contributed by atoms with Gasteiger partial charge in [0.05, 0.1) is 12.1 Å². The molecule has 1 rings (SSSR count). The number of carbonyl (C=O) groups excluding carboxylic acids is 1. The second-order valence-corrected chi connectivity index (χ2v) is 7.54. The highest BCUT2D eigenvalue weighted by molar-refractivity contribution is 5.85. The van der Waals surface area contributed by atoms with E-state index in [1.54, 1.807) is 0 Å². The predicted octanol–water partition coefficient (Wildman–Crippen LogP) is 2.74. The summed E-state index contributed by atoms with van der Waals surface area (Å²) in [7, 11) is 0. The van der Waals surface area contributed by atoms with Crippen molar-refractivity contribution in [2.75, 3.05) is 13.2 Å². The van der Waals surface area contributed by atoms with E-state index in [-0.39, 0.29) is 29.8 Å². The monoisotopic (exact) mass is 320 g/mol. The molecule has 0 spiro atoms. The standard InChI is InChI=1S/C16H32N2O2.ClH/c1-11(2)9-13(17)15(19)18-10-12-7-6-8-20-14(12)16(3,4)5;/h11-14H,6-10,17H2,1-5H3,(H,18,19);1H/t12?,13-,14?;/m0./s1. The topological polar surface area (TPSA) is 64.4 Å². The smallest absolute Gasteiger partial charge is 0.236 e. The molecule has 21 heavy (non-hydrogen) atoms. The van der Waals surface area contributed by atoms with E-state index >= 15 is 0 Å². The van der Waals surface area contributed by atoms with Crippen molar-refractivity contribution in [2.24, 2.45) is 23.0 Å². The van der Waals surface area contributed by atoms with E-state index in [4.69, 9.17) is 10.5 Å². The Bertz CT molecular complexity index is 316. The number of halogens is 1. The van der Waals surface area contributed by atoms with Crippen LogP contribution in [0.5, 0.6) is 0 Å². The minimum atomic E-state index is -0.396. The molecule has 0 radical (unpaired) electrons. The molecule has 0 bridgehead atoms. The molecule has 1 heterocycles. The first-order chi connectivity index (χ1) is 9.21. The molecule has 1 aliphatic rings. The van der Waals surface area contributed by atoms with E-state index in [0.717, 1.165) is 25.9 Å². The first-order valence-corrected chi connectivity index (χ1v) is 7.86. The van der Waals surface area contributed by atoms with E-state index in [0.29, 0.717) is 18.4 Å². The van der Waals surface area contributed by atoms with Gasteiger partial charge in [0.15, 0.2) is 0 Å². The molecule has 0 aliphatic carbocycles. The van der Waals surface area contributed by atoms with Gasteiger partial charge in [0, 0.05) is 19.1 Å². The summed E-state index contributed by atoms with van der Waals surface area (Å²) in [5, 5.41) is 3.02. The quantitative estimate of drug-likeness (QED) is 0.818. The average Bonchev–Trinajstić information content (AvgIpc) is 2.34. The molecule has 1 saturated heterocycles. The van der Waals surface area contributed by atoms with Gasteiger partial charge in [0.1, 0.15) is 0 Å². The summed E-state index contributed by atoms with van der Waals surface area (Å²) in [6.07, 6.45) is 3.13. The Balaban J connectivity index is 0.00000400. The number of rotatable bonds is 5. The normalized spacial score (nSPS) is 24.3. The molecule has 1 aliphatic heterocycles. The largest absolute Gasteiger partial charge is 0.377 e. The average molecular weight is 321 g/mol. The van der Waals surface area contributed by atoms with Gasteiger partial charge >= 0.3 is 0 Å². The van der Waals surface area contributed by atoms with Gasteiger partial charge < -0.3 is 15.8 Å². The minimum Gasteiger partial charge on any atom is -0.377 e. The zero-order valence-electron chi connectivity index (χ0n) is 14.1. The molecule has 126 valence electrons. The highest BCUT2D eigenvalue weighted by Crippen LogP contribution is 2.33.